The minimum absolute atomic E-state index is 0.177. The third kappa shape index (κ3) is 3.74. The molecular weight excluding hydrogens is 258 g/mol. The van der Waals surface area contributed by atoms with Crippen LogP contribution in [0.1, 0.15) is 18.9 Å². The zero-order valence-electron chi connectivity index (χ0n) is 11.5. The first kappa shape index (κ1) is 14.4. The van der Waals surface area contributed by atoms with Gasteiger partial charge in [-0.3, -0.25) is 4.79 Å². The van der Waals surface area contributed by atoms with Crippen molar-refractivity contribution in [2.24, 2.45) is 5.92 Å². The third-order valence-electron chi connectivity index (χ3n) is 3.70. The fourth-order valence-electron chi connectivity index (χ4n) is 2.36. The Kier molecular flexibility index (Phi) is 4.88. The highest BCUT2D eigenvalue weighted by Gasteiger charge is 2.28. The van der Waals surface area contributed by atoms with Crippen LogP contribution in [-0.2, 0) is 4.79 Å². The highest BCUT2D eigenvalue weighted by atomic mass is 32.2. The number of aliphatic hydroxyl groups is 1. The van der Waals surface area contributed by atoms with Crippen molar-refractivity contribution in [3.8, 4) is 0 Å². The summed E-state index contributed by atoms with van der Waals surface area (Å²) in [6.45, 7) is 5.35. The summed E-state index contributed by atoms with van der Waals surface area (Å²) in [5, 5.41) is 9.55. The van der Waals surface area contributed by atoms with Gasteiger partial charge in [0.25, 0.3) is 0 Å². The summed E-state index contributed by atoms with van der Waals surface area (Å²) >= 11 is 1.60. The third-order valence-corrected chi connectivity index (χ3v) is 4.86. The summed E-state index contributed by atoms with van der Waals surface area (Å²) in [6, 6.07) is 8.12. The maximum atomic E-state index is 12.1. The number of thioether (sulfide) groups is 1. The first-order valence-corrected chi connectivity index (χ1v) is 7.70. The average molecular weight is 279 g/mol. The van der Waals surface area contributed by atoms with Crippen LogP contribution >= 0.6 is 11.8 Å². The van der Waals surface area contributed by atoms with Crippen molar-refractivity contribution in [3.63, 3.8) is 0 Å². The van der Waals surface area contributed by atoms with E-state index in [9.17, 15) is 9.90 Å². The molecule has 1 aliphatic heterocycles. The molecule has 3 nitrogen and oxygen atoms in total. The number of rotatable bonds is 4. The molecule has 4 heteroatoms. The van der Waals surface area contributed by atoms with E-state index in [1.54, 1.807) is 18.7 Å². The lowest BCUT2D eigenvalue weighted by Crippen LogP contribution is -2.31. The van der Waals surface area contributed by atoms with Crippen LogP contribution in [0.5, 0.6) is 0 Å². The van der Waals surface area contributed by atoms with Crippen molar-refractivity contribution in [3.05, 3.63) is 29.8 Å². The fourth-order valence-corrected chi connectivity index (χ4v) is 3.29. The number of likely N-dealkylation sites (tertiary alicyclic amines) is 1. The van der Waals surface area contributed by atoms with E-state index >= 15 is 0 Å². The van der Waals surface area contributed by atoms with Crippen LogP contribution in [0.3, 0.4) is 0 Å². The zero-order chi connectivity index (χ0) is 13.8. The van der Waals surface area contributed by atoms with E-state index in [-0.39, 0.29) is 17.9 Å². The number of hydrogen-bond acceptors (Lipinski definition) is 3. The molecule has 1 saturated heterocycles. The van der Waals surface area contributed by atoms with Crippen LogP contribution in [0.2, 0.25) is 0 Å². The molecular formula is C15H21NO2S. The van der Waals surface area contributed by atoms with Crippen LogP contribution in [0.4, 0.5) is 0 Å². The molecule has 0 aromatic heterocycles. The first-order chi connectivity index (χ1) is 9.08. The summed E-state index contributed by atoms with van der Waals surface area (Å²) in [4.78, 5) is 15.2. The number of hydrogen-bond donors (Lipinski definition) is 1. The minimum atomic E-state index is -0.318. The average Bonchev–Trinajstić information content (AvgIpc) is 2.87. The summed E-state index contributed by atoms with van der Waals surface area (Å²) in [7, 11) is 0. The Morgan fingerprint density at radius 1 is 1.53 bits per heavy atom. The largest absolute Gasteiger partial charge is 0.393 e. The van der Waals surface area contributed by atoms with Crippen LogP contribution in [0, 0.1) is 12.8 Å². The summed E-state index contributed by atoms with van der Waals surface area (Å²) in [5.74, 6) is 0.904. The van der Waals surface area contributed by atoms with Gasteiger partial charge in [-0.15, -0.1) is 11.8 Å². The molecule has 19 heavy (non-hydrogen) atoms. The number of amides is 1. The van der Waals surface area contributed by atoms with Gasteiger partial charge in [0, 0.05) is 23.9 Å². The molecule has 0 radical (unpaired) electrons. The van der Waals surface area contributed by atoms with Crippen molar-refractivity contribution in [1.82, 2.24) is 4.90 Å². The molecule has 1 heterocycles. The highest BCUT2D eigenvalue weighted by Crippen LogP contribution is 2.24. The predicted molar refractivity (Wildman–Crippen MR) is 78.3 cm³/mol. The van der Waals surface area contributed by atoms with Crippen molar-refractivity contribution in [1.29, 1.82) is 0 Å². The number of carbonyl (C=O) groups excluding carboxylic acids is 1. The number of carbonyl (C=O) groups is 1. The topological polar surface area (TPSA) is 40.5 Å². The van der Waals surface area contributed by atoms with Gasteiger partial charge >= 0.3 is 0 Å². The Balaban J connectivity index is 1.84. The smallest absolute Gasteiger partial charge is 0.232 e. The van der Waals surface area contributed by atoms with Crippen LogP contribution in [0.15, 0.2) is 29.2 Å². The van der Waals surface area contributed by atoms with E-state index in [4.69, 9.17) is 0 Å². The summed E-state index contributed by atoms with van der Waals surface area (Å²) in [5.41, 5.74) is 1.21. The Morgan fingerprint density at radius 2 is 2.26 bits per heavy atom. The number of aliphatic hydroxyl groups excluding tert-OH is 1. The van der Waals surface area contributed by atoms with Gasteiger partial charge in [-0.05, 0) is 31.9 Å². The second-order valence-corrected chi connectivity index (χ2v) is 6.20. The number of aryl methyl sites for hydroxylation is 1. The van der Waals surface area contributed by atoms with Crippen molar-refractivity contribution in [2.45, 2.75) is 31.3 Å². The molecule has 1 aliphatic rings. The van der Waals surface area contributed by atoms with Crippen molar-refractivity contribution >= 4 is 17.7 Å². The molecule has 1 N–H and O–H groups in total. The van der Waals surface area contributed by atoms with Gasteiger partial charge in [-0.25, -0.2) is 0 Å². The quantitative estimate of drug-likeness (QED) is 0.860. The molecule has 2 atom stereocenters. The molecule has 0 spiro atoms. The number of nitrogens with zero attached hydrogens (tertiary/aromatic N) is 1. The van der Waals surface area contributed by atoms with E-state index in [1.807, 2.05) is 17.0 Å². The Morgan fingerprint density at radius 3 is 2.89 bits per heavy atom. The monoisotopic (exact) mass is 279 g/mol. The molecule has 2 unspecified atom stereocenters. The Hall–Kier alpha value is -1.00. The highest BCUT2D eigenvalue weighted by molar-refractivity contribution is 8.00. The minimum Gasteiger partial charge on any atom is -0.393 e. The molecule has 0 bridgehead atoms. The summed E-state index contributed by atoms with van der Waals surface area (Å²) in [6.07, 6.45) is 0.597. The molecule has 1 aromatic rings. The summed E-state index contributed by atoms with van der Waals surface area (Å²) < 4.78 is 0. The zero-order valence-corrected chi connectivity index (χ0v) is 12.3. The maximum absolute atomic E-state index is 12.1. The molecule has 1 amide bonds. The van der Waals surface area contributed by atoms with Crippen molar-refractivity contribution in [2.75, 3.05) is 18.8 Å². The lowest BCUT2D eigenvalue weighted by atomic mass is 10.0. The lowest BCUT2D eigenvalue weighted by Gasteiger charge is -2.17. The van der Waals surface area contributed by atoms with Gasteiger partial charge in [-0.2, -0.15) is 0 Å². The normalized spacial score (nSPS) is 20.6. The lowest BCUT2D eigenvalue weighted by molar-refractivity contribution is -0.127. The Labute approximate surface area is 119 Å². The molecule has 2 rings (SSSR count). The van der Waals surface area contributed by atoms with E-state index in [2.05, 4.69) is 19.1 Å². The second-order valence-electron chi connectivity index (χ2n) is 5.18. The van der Waals surface area contributed by atoms with Crippen LogP contribution in [0.25, 0.3) is 0 Å². The SMILES string of the molecule is Cc1ccccc1SCC(=O)N1CCC(C(C)O)C1. The van der Waals surface area contributed by atoms with Gasteiger partial charge in [-0.1, -0.05) is 18.2 Å². The second kappa shape index (κ2) is 6.44. The standard InChI is InChI=1S/C15H21NO2S/c1-11-5-3-4-6-14(11)19-10-15(18)16-8-7-13(9-16)12(2)17/h3-6,12-13,17H,7-10H2,1-2H3. The van der Waals surface area contributed by atoms with Gasteiger partial charge < -0.3 is 10.0 Å². The van der Waals surface area contributed by atoms with Gasteiger partial charge in [0.15, 0.2) is 0 Å². The Bertz CT molecular complexity index is 448. The molecule has 1 fully saturated rings. The van der Waals surface area contributed by atoms with Gasteiger partial charge in [0.1, 0.15) is 0 Å². The van der Waals surface area contributed by atoms with Crippen LogP contribution < -0.4 is 0 Å². The molecule has 0 saturated carbocycles. The van der Waals surface area contributed by atoms with Crippen LogP contribution in [-0.4, -0.2) is 40.9 Å². The van der Waals surface area contributed by atoms with E-state index < -0.39 is 0 Å². The predicted octanol–water partition coefficient (Wildman–Crippen LogP) is 2.32. The van der Waals surface area contributed by atoms with E-state index in [0.29, 0.717) is 12.3 Å². The maximum Gasteiger partial charge on any atom is 0.232 e. The number of benzene rings is 1. The fraction of sp³-hybridized carbons (Fsp3) is 0.533. The molecule has 0 aliphatic carbocycles. The molecule has 104 valence electrons. The molecule has 1 aromatic carbocycles. The van der Waals surface area contributed by atoms with Gasteiger partial charge in [0.2, 0.25) is 5.91 Å². The van der Waals surface area contributed by atoms with Crippen molar-refractivity contribution < 1.29 is 9.90 Å². The van der Waals surface area contributed by atoms with Gasteiger partial charge in [0.05, 0.1) is 11.9 Å². The van der Waals surface area contributed by atoms with E-state index in [1.165, 1.54) is 10.5 Å². The first-order valence-electron chi connectivity index (χ1n) is 6.72. The van der Waals surface area contributed by atoms with E-state index in [0.717, 1.165) is 13.0 Å².